The normalized spacial score (nSPS) is 11.2. The molecule has 0 saturated heterocycles. The van der Waals surface area contributed by atoms with E-state index in [0.717, 1.165) is 29.1 Å². The van der Waals surface area contributed by atoms with E-state index >= 15 is 0 Å². The third-order valence-corrected chi connectivity index (χ3v) is 3.65. The summed E-state index contributed by atoms with van der Waals surface area (Å²) >= 11 is 6.12. The summed E-state index contributed by atoms with van der Waals surface area (Å²) < 4.78 is 9.11. The van der Waals surface area contributed by atoms with Gasteiger partial charge in [-0.25, -0.2) is 9.67 Å². The van der Waals surface area contributed by atoms with Gasteiger partial charge in [-0.3, -0.25) is 4.57 Å². The summed E-state index contributed by atoms with van der Waals surface area (Å²) in [6.07, 6.45) is 0. The molecule has 0 aliphatic carbocycles. The lowest BCUT2D eigenvalue weighted by Gasteiger charge is -2.12. The van der Waals surface area contributed by atoms with Gasteiger partial charge in [0.1, 0.15) is 11.3 Å². The van der Waals surface area contributed by atoms with E-state index in [1.165, 1.54) is 0 Å². The van der Waals surface area contributed by atoms with Crippen LogP contribution >= 0.6 is 11.6 Å². The third-order valence-electron chi connectivity index (χ3n) is 3.42. The molecule has 6 nitrogen and oxygen atoms in total. The predicted molar refractivity (Wildman–Crippen MR) is 83.2 cm³/mol. The predicted octanol–water partition coefficient (Wildman–Crippen LogP) is 2.79. The Labute approximate surface area is 127 Å². The van der Waals surface area contributed by atoms with E-state index < -0.39 is 0 Å². The fraction of sp³-hybridized carbons (Fsp3) is 0.286. The Hall–Kier alpha value is -2.21. The Morgan fingerprint density at radius 3 is 2.81 bits per heavy atom. The second-order valence-electron chi connectivity index (χ2n) is 4.69. The maximum Gasteiger partial charge on any atom is 0.207 e. The van der Waals surface area contributed by atoms with Crippen LogP contribution in [0, 0.1) is 6.92 Å². The molecule has 1 aromatic carbocycles. The largest absolute Gasteiger partial charge is 0.495 e. The van der Waals surface area contributed by atoms with Crippen molar-refractivity contribution in [3.8, 4) is 11.4 Å². The molecule has 0 spiro atoms. The van der Waals surface area contributed by atoms with Crippen molar-refractivity contribution in [2.75, 3.05) is 12.8 Å². The maximum atomic E-state index is 6.12. The molecular formula is C14H16ClN5O. The van der Waals surface area contributed by atoms with Crippen LogP contribution in [0.15, 0.2) is 18.2 Å². The van der Waals surface area contributed by atoms with E-state index in [-0.39, 0.29) is 0 Å². The lowest BCUT2D eigenvalue weighted by molar-refractivity contribution is 0.413. The summed E-state index contributed by atoms with van der Waals surface area (Å²) in [5.41, 5.74) is 9.33. The van der Waals surface area contributed by atoms with Gasteiger partial charge in [-0.15, -0.1) is 0 Å². The van der Waals surface area contributed by atoms with E-state index in [4.69, 9.17) is 22.1 Å². The van der Waals surface area contributed by atoms with E-state index in [1.54, 1.807) is 19.2 Å². The van der Waals surface area contributed by atoms with Gasteiger partial charge in [0.05, 0.1) is 18.5 Å². The zero-order valence-corrected chi connectivity index (χ0v) is 12.8. The lowest BCUT2D eigenvalue weighted by Crippen LogP contribution is -2.07. The topological polar surface area (TPSA) is 70.9 Å². The Morgan fingerprint density at radius 1 is 1.38 bits per heavy atom. The van der Waals surface area contributed by atoms with Crippen molar-refractivity contribution in [3.63, 3.8) is 0 Å². The number of imidazole rings is 1. The molecule has 0 saturated carbocycles. The van der Waals surface area contributed by atoms with Crippen molar-refractivity contribution in [2.24, 2.45) is 0 Å². The lowest BCUT2D eigenvalue weighted by atomic mass is 10.3. The monoisotopic (exact) mass is 305 g/mol. The third kappa shape index (κ3) is 2.03. The molecule has 0 atom stereocenters. The van der Waals surface area contributed by atoms with E-state index in [0.29, 0.717) is 16.7 Å². The highest BCUT2D eigenvalue weighted by molar-refractivity contribution is 6.30. The standard InChI is InChI=1S/C14H16ClN5O/c1-4-19-13-12(8(2)18-19)17-14(16)20(13)10-7-9(15)5-6-11(10)21-3/h5-7H,4H2,1-3H3,(H2,16,17). The number of methoxy groups -OCH3 is 1. The van der Waals surface area contributed by atoms with Crippen LogP contribution < -0.4 is 10.5 Å². The van der Waals surface area contributed by atoms with E-state index in [9.17, 15) is 0 Å². The molecule has 2 aromatic heterocycles. The number of hydrogen-bond acceptors (Lipinski definition) is 4. The van der Waals surface area contributed by atoms with Gasteiger partial charge in [-0.05, 0) is 32.0 Å². The summed E-state index contributed by atoms with van der Waals surface area (Å²) in [6.45, 7) is 4.66. The molecule has 0 unspecified atom stereocenters. The Balaban J connectivity index is 2.39. The fourth-order valence-electron chi connectivity index (χ4n) is 2.48. The zero-order valence-electron chi connectivity index (χ0n) is 12.1. The van der Waals surface area contributed by atoms with Crippen molar-refractivity contribution in [1.29, 1.82) is 0 Å². The first-order valence-corrected chi connectivity index (χ1v) is 6.99. The summed E-state index contributed by atoms with van der Waals surface area (Å²) in [5.74, 6) is 1.06. The van der Waals surface area contributed by atoms with Gasteiger partial charge in [-0.1, -0.05) is 11.6 Å². The van der Waals surface area contributed by atoms with Crippen molar-refractivity contribution in [1.82, 2.24) is 19.3 Å². The molecule has 0 bridgehead atoms. The molecule has 0 radical (unpaired) electrons. The number of ether oxygens (including phenoxy) is 1. The first kappa shape index (κ1) is 13.8. The first-order chi connectivity index (χ1) is 10.1. The average molecular weight is 306 g/mol. The fourth-order valence-corrected chi connectivity index (χ4v) is 2.65. The second kappa shape index (κ2) is 4.96. The van der Waals surface area contributed by atoms with Crippen LogP contribution in [0.2, 0.25) is 5.02 Å². The maximum absolute atomic E-state index is 6.12. The molecule has 21 heavy (non-hydrogen) atoms. The number of nitrogen functional groups attached to an aromatic ring is 1. The van der Waals surface area contributed by atoms with Crippen molar-refractivity contribution in [3.05, 3.63) is 28.9 Å². The highest BCUT2D eigenvalue weighted by Gasteiger charge is 2.20. The number of anilines is 1. The van der Waals surface area contributed by atoms with E-state index in [1.807, 2.05) is 29.2 Å². The molecule has 0 amide bonds. The van der Waals surface area contributed by atoms with Crippen molar-refractivity contribution in [2.45, 2.75) is 20.4 Å². The number of nitrogens with zero attached hydrogens (tertiary/aromatic N) is 4. The zero-order chi connectivity index (χ0) is 15.1. The number of nitrogens with two attached hydrogens (primary N) is 1. The smallest absolute Gasteiger partial charge is 0.207 e. The highest BCUT2D eigenvalue weighted by Crippen LogP contribution is 2.32. The van der Waals surface area contributed by atoms with Gasteiger partial charge < -0.3 is 10.5 Å². The van der Waals surface area contributed by atoms with Crippen LogP contribution in [0.4, 0.5) is 5.95 Å². The molecule has 2 N–H and O–H groups in total. The molecule has 0 aliphatic heterocycles. The molecule has 110 valence electrons. The van der Waals surface area contributed by atoms with Crippen LogP contribution in [0.1, 0.15) is 12.6 Å². The van der Waals surface area contributed by atoms with Crippen LogP contribution in [0.3, 0.4) is 0 Å². The number of hydrogen-bond donors (Lipinski definition) is 1. The summed E-state index contributed by atoms with van der Waals surface area (Å²) in [7, 11) is 1.61. The Kier molecular flexibility index (Phi) is 3.25. The van der Waals surface area contributed by atoms with Gasteiger partial charge in [0.2, 0.25) is 5.95 Å². The Morgan fingerprint density at radius 2 is 2.14 bits per heavy atom. The minimum absolute atomic E-state index is 0.383. The molecule has 3 rings (SSSR count). The highest BCUT2D eigenvalue weighted by atomic mass is 35.5. The van der Waals surface area contributed by atoms with Gasteiger partial charge in [0.25, 0.3) is 0 Å². The summed E-state index contributed by atoms with van der Waals surface area (Å²) in [4.78, 5) is 4.42. The van der Waals surface area contributed by atoms with Crippen LogP contribution in [-0.2, 0) is 6.54 Å². The Bertz CT molecular complexity index is 820. The van der Waals surface area contributed by atoms with Gasteiger partial charge in [0.15, 0.2) is 5.65 Å². The number of benzene rings is 1. The second-order valence-corrected chi connectivity index (χ2v) is 5.13. The quantitative estimate of drug-likeness (QED) is 0.807. The average Bonchev–Trinajstić information content (AvgIpc) is 2.95. The molecule has 0 aliphatic rings. The van der Waals surface area contributed by atoms with E-state index in [2.05, 4.69) is 10.1 Å². The number of fused-ring (bicyclic) bond motifs is 1. The van der Waals surface area contributed by atoms with Crippen LogP contribution in [0.5, 0.6) is 5.75 Å². The molecule has 7 heteroatoms. The number of aromatic nitrogens is 4. The van der Waals surface area contributed by atoms with Crippen molar-refractivity contribution < 1.29 is 4.74 Å². The van der Waals surface area contributed by atoms with Gasteiger partial charge >= 0.3 is 0 Å². The van der Waals surface area contributed by atoms with Crippen LogP contribution in [0.25, 0.3) is 16.9 Å². The molecule has 0 fully saturated rings. The summed E-state index contributed by atoms with van der Waals surface area (Å²) in [6, 6.07) is 5.39. The molecule has 2 heterocycles. The number of aryl methyl sites for hydroxylation is 2. The molecular weight excluding hydrogens is 290 g/mol. The van der Waals surface area contributed by atoms with Gasteiger partial charge in [0, 0.05) is 11.6 Å². The number of halogens is 1. The number of rotatable bonds is 3. The van der Waals surface area contributed by atoms with Gasteiger partial charge in [-0.2, -0.15) is 5.10 Å². The minimum Gasteiger partial charge on any atom is -0.495 e. The minimum atomic E-state index is 0.383. The SMILES string of the molecule is CCn1nc(C)c2nc(N)n(-c3cc(Cl)ccc3OC)c21. The first-order valence-electron chi connectivity index (χ1n) is 6.62. The molecule has 3 aromatic rings. The van der Waals surface area contributed by atoms with Crippen LogP contribution in [-0.4, -0.2) is 26.4 Å². The summed E-state index contributed by atoms with van der Waals surface area (Å²) in [5, 5.41) is 5.08. The van der Waals surface area contributed by atoms with Crippen molar-refractivity contribution >= 4 is 28.7 Å².